The molecule has 0 saturated heterocycles. The molecule has 2 aliphatic rings. The van der Waals surface area contributed by atoms with Gasteiger partial charge in [-0.3, -0.25) is 0 Å². The number of aromatic nitrogens is 1. The van der Waals surface area contributed by atoms with Crippen LogP contribution in [0.5, 0.6) is 0 Å². The van der Waals surface area contributed by atoms with Crippen LogP contribution < -0.4 is 5.32 Å². The SMILES string of the molecule is CCOC(=O)c1c(C)nsc1NCC1CC2CCC1C2. The highest BCUT2D eigenvalue weighted by molar-refractivity contribution is 7.10. The number of aryl methyl sites for hydroxylation is 1. The Kier molecular flexibility index (Phi) is 3.96. The summed E-state index contributed by atoms with van der Waals surface area (Å²) in [4.78, 5) is 12.0. The van der Waals surface area contributed by atoms with Gasteiger partial charge in [0.1, 0.15) is 10.6 Å². The van der Waals surface area contributed by atoms with E-state index in [1.165, 1.54) is 37.2 Å². The zero-order chi connectivity index (χ0) is 14.1. The Morgan fingerprint density at radius 1 is 1.45 bits per heavy atom. The van der Waals surface area contributed by atoms with Gasteiger partial charge in [0.05, 0.1) is 12.3 Å². The molecule has 5 heteroatoms. The lowest BCUT2D eigenvalue weighted by molar-refractivity contribution is 0.0527. The number of carbonyl (C=O) groups excluding carboxylic acids is 1. The van der Waals surface area contributed by atoms with Gasteiger partial charge < -0.3 is 10.1 Å². The van der Waals surface area contributed by atoms with Crippen molar-refractivity contribution in [2.24, 2.45) is 17.8 Å². The standard InChI is InChI=1S/C15H22N2O2S/c1-3-19-15(18)13-9(2)17-20-14(13)16-8-12-7-10-4-5-11(12)6-10/h10-12,16H,3-8H2,1-2H3. The molecule has 2 fully saturated rings. The maximum absolute atomic E-state index is 12.0. The van der Waals surface area contributed by atoms with Crippen LogP contribution >= 0.6 is 11.5 Å². The number of hydrogen-bond acceptors (Lipinski definition) is 5. The Hall–Kier alpha value is -1.10. The summed E-state index contributed by atoms with van der Waals surface area (Å²) in [5.41, 5.74) is 1.39. The van der Waals surface area contributed by atoms with Crippen LogP contribution in [0.4, 0.5) is 5.00 Å². The van der Waals surface area contributed by atoms with Crippen molar-refractivity contribution in [2.45, 2.75) is 39.5 Å². The van der Waals surface area contributed by atoms with Crippen LogP contribution in [0.2, 0.25) is 0 Å². The number of fused-ring (bicyclic) bond motifs is 2. The summed E-state index contributed by atoms with van der Waals surface area (Å²) in [5, 5.41) is 4.33. The molecule has 1 N–H and O–H groups in total. The summed E-state index contributed by atoms with van der Waals surface area (Å²) in [6.07, 6.45) is 5.58. The highest BCUT2D eigenvalue weighted by atomic mass is 32.1. The van der Waals surface area contributed by atoms with Crippen LogP contribution in [0.15, 0.2) is 0 Å². The lowest BCUT2D eigenvalue weighted by Crippen LogP contribution is -2.20. The van der Waals surface area contributed by atoms with Crippen molar-refractivity contribution in [3.8, 4) is 0 Å². The second kappa shape index (κ2) is 5.72. The number of rotatable bonds is 5. The van der Waals surface area contributed by atoms with Gasteiger partial charge in [-0.15, -0.1) is 0 Å². The Bertz CT molecular complexity index is 500. The van der Waals surface area contributed by atoms with Crippen LogP contribution in [0.25, 0.3) is 0 Å². The van der Waals surface area contributed by atoms with Gasteiger partial charge in [-0.2, -0.15) is 4.37 Å². The molecule has 110 valence electrons. The first-order valence-corrected chi connectivity index (χ1v) is 8.33. The number of ether oxygens (including phenoxy) is 1. The summed E-state index contributed by atoms with van der Waals surface area (Å²) in [6.45, 7) is 5.07. The van der Waals surface area contributed by atoms with Gasteiger partial charge in [-0.05, 0) is 62.4 Å². The van der Waals surface area contributed by atoms with Crippen LogP contribution in [-0.2, 0) is 4.74 Å². The molecule has 0 radical (unpaired) electrons. The van der Waals surface area contributed by atoms with Crippen LogP contribution in [0.1, 0.15) is 48.7 Å². The quantitative estimate of drug-likeness (QED) is 0.845. The third-order valence-corrected chi connectivity index (χ3v) is 5.65. The molecule has 0 aromatic carbocycles. The van der Waals surface area contributed by atoms with Gasteiger partial charge in [0.25, 0.3) is 0 Å². The van der Waals surface area contributed by atoms with Gasteiger partial charge in [0.2, 0.25) is 0 Å². The topological polar surface area (TPSA) is 51.2 Å². The van der Waals surface area contributed by atoms with Crippen molar-refractivity contribution in [3.05, 3.63) is 11.3 Å². The highest BCUT2D eigenvalue weighted by Crippen LogP contribution is 2.48. The molecular weight excluding hydrogens is 272 g/mol. The molecule has 1 heterocycles. The Balaban J connectivity index is 1.64. The van der Waals surface area contributed by atoms with Gasteiger partial charge in [0.15, 0.2) is 0 Å². The molecular formula is C15H22N2O2S. The van der Waals surface area contributed by atoms with E-state index in [2.05, 4.69) is 9.69 Å². The van der Waals surface area contributed by atoms with E-state index < -0.39 is 0 Å². The second-order valence-electron chi connectivity index (χ2n) is 6.01. The zero-order valence-electron chi connectivity index (χ0n) is 12.1. The fourth-order valence-electron chi connectivity index (χ4n) is 3.78. The highest BCUT2D eigenvalue weighted by Gasteiger charge is 2.39. The molecule has 0 spiro atoms. The Morgan fingerprint density at radius 2 is 2.30 bits per heavy atom. The monoisotopic (exact) mass is 294 g/mol. The molecule has 3 atom stereocenters. The van der Waals surface area contributed by atoms with E-state index in [1.807, 2.05) is 13.8 Å². The predicted molar refractivity (Wildman–Crippen MR) is 80.2 cm³/mol. The number of nitrogens with zero attached hydrogens (tertiary/aromatic N) is 1. The normalized spacial score (nSPS) is 27.8. The van der Waals surface area contributed by atoms with E-state index in [9.17, 15) is 4.79 Å². The molecule has 0 amide bonds. The number of anilines is 1. The molecule has 1 aromatic rings. The van der Waals surface area contributed by atoms with Crippen molar-refractivity contribution < 1.29 is 9.53 Å². The van der Waals surface area contributed by atoms with Crippen molar-refractivity contribution in [3.63, 3.8) is 0 Å². The first kappa shape index (κ1) is 13.9. The largest absolute Gasteiger partial charge is 0.462 e. The zero-order valence-corrected chi connectivity index (χ0v) is 13.0. The van der Waals surface area contributed by atoms with Crippen LogP contribution in [0, 0.1) is 24.7 Å². The summed E-state index contributed by atoms with van der Waals surface area (Å²) >= 11 is 1.37. The minimum absolute atomic E-state index is 0.255. The van der Waals surface area contributed by atoms with Crippen molar-refractivity contribution in [1.29, 1.82) is 0 Å². The summed E-state index contributed by atoms with van der Waals surface area (Å²) in [6, 6.07) is 0. The third-order valence-electron chi connectivity index (χ3n) is 4.75. The van der Waals surface area contributed by atoms with Crippen LogP contribution in [-0.4, -0.2) is 23.5 Å². The van der Waals surface area contributed by atoms with E-state index >= 15 is 0 Å². The van der Waals surface area contributed by atoms with E-state index in [0.717, 1.165) is 35.0 Å². The average Bonchev–Trinajstić information content (AvgIpc) is 3.11. The van der Waals surface area contributed by atoms with E-state index in [1.54, 1.807) is 0 Å². The van der Waals surface area contributed by atoms with Crippen molar-refractivity contribution in [2.75, 3.05) is 18.5 Å². The van der Waals surface area contributed by atoms with E-state index in [0.29, 0.717) is 12.2 Å². The summed E-state index contributed by atoms with van der Waals surface area (Å²) < 4.78 is 9.41. The number of esters is 1. The number of nitrogens with one attached hydrogen (secondary N) is 1. The molecule has 2 saturated carbocycles. The van der Waals surface area contributed by atoms with Gasteiger partial charge in [0, 0.05) is 6.54 Å². The molecule has 3 unspecified atom stereocenters. The lowest BCUT2D eigenvalue weighted by Gasteiger charge is -2.22. The molecule has 20 heavy (non-hydrogen) atoms. The third kappa shape index (κ3) is 2.55. The van der Waals surface area contributed by atoms with Crippen molar-refractivity contribution >= 4 is 22.5 Å². The maximum Gasteiger partial charge on any atom is 0.343 e. The fourth-order valence-corrected chi connectivity index (χ4v) is 4.57. The van der Waals surface area contributed by atoms with Crippen LogP contribution in [0.3, 0.4) is 0 Å². The predicted octanol–water partition coefficient (Wildman–Crippen LogP) is 3.48. The Labute approximate surface area is 124 Å². The summed E-state index contributed by atoms with van der Waals surface area (Å²) in [7, 11) is 0. The average molecular weight is 294 g/mol. The minimum atomic E-state index is -0.255. The maximum atomic E-state index is 12.0. The smallest absolute Gasteiger partial charge is 0.343 e. The van der Waals surface area contributed by atoms with Crippen molar-refractivity contribution in [1.82, 2.24) is 4.37 Å². The molecule has 2 bridgehead atoms. The minimum Gasteiger partial charge on any atom is -0.462 e. The Morgan fingerprint density at radius 3 is 2.95 bits per heavy atom. The van der Waals surface area contributed by atoms with Gasteiger partial charge in [-0.25, -0.2) is 4.79 Å². The summed E-state index contributed by atoms with van der Waals surface area (Å²) in [5.74, 6) is 2.37. The van der Waals surface area contributed by atoms with Gasteiger partial charge >= 0.3 is 5.97 Å². The first-order valence-electron chi connectivity index (χ1n) is 7.56. The molecule has 1 aromatic heterocycles. The van der Waals surface area contributed by atoms with Gasteiger partial charge in [-0.1, -0.05) is 6.42 Å². The molecule has 0 aliphatic heterocycles. The molecule has 4 nitrogen and oxygen atoms in total. The van der Waals surface area contributed by atoms with E-state index in [-0.39, 0.29) is 5.97 Å². The fraction of sp³-hybridized carbons (Fsp3) is 0.733. The number of carbonyl (C=O) groups is 1. The number of hydrogen-bond donors (Lipinski definition) is 1. The first-order chi connectivity index (χ1) is 9.69. The molecule has 2 aliphatic carbocycles. The lowest BCUT2D eigenvalue weighted by atomic mass is 9.89. The molecule has 3 rings (SSSR count). The van der Waals surface area contributed by atoms with E-state index in [4.69, 9.17) is 4.74 Å². The second-order valence-corrected chi connectivity index (χ2v) is 6.78.